The molecule has 9 heavy (non-hydrogen) atoms. The molecule has 4 N–H and O–H groups in total. The van der Waals surface area contributed by atoms with Gasteiger partial charge in [-0.25, -0.2) is 0 Å². The molecule has 0 saturated heterocycles. The smallest absolute Gasteiger partial charge is 0.0988 e. The van der Waals surface area contributed by atoms with E-state index >= 15 is 0 Å². The molecule has 0 aromatic rings. The molecule has 54 valence electrons. The van der Waals surface area contributed by atoms with E-state index in [2.05, 4.69) is 11.9 Å². The fourth-order valence-electron chi connectivity index (χ4n) is 0.444. The molecule has 0 rings (SSSR count). The topological polar surface area (TPSA) is 58.3 Å². The van der Waals surface area contributed by atoms with Gasteiger partial charge in [0.05, 0.1) is 12.3 Å². The Morgan fingerprint density at radius 3 is 2.78 bits per heavy atom. The van der Waals surface area contributed by atoms with Crippen molar-refractivity contribution in [2.75, 3.05) is 13.1 Å². The summed E-state index contributed by atoms with van der Waals surface area (Å²) in [5, 5.41) is 11.5. The molecule has 0 aromatic heterocycles. The predicted molar refractivity (Wildman–Crippen MR) is 38.3 cm³/mol. The second-order valence-corrected chi connectivity index (χ2v) is 2.17. The molecule has 0 aromatic carbocycles. The van der Waals surface area contributed by atoms with Gasteiger partial charge in [0.2, 0.25) is 0 Å². The first-order valence-electron chi connectivity index (χ1n) is 2.96. The van der Waals surface area contributed by atoms with Gasteiger partial charge in [-0.15, -0.1) is 0 Å². The van der Waals surface area contributed by atoms with Crippen LogP contribution in [-0.2, 0) is 0 Å². The minimum atomic E-state index is 0.129. The maximum atomic E-state index is 8.57. The van der Waals surface area contributed by atoms with Crippen LogP contribution in [0.15, 0.2) is 12.3 Å². The third-order valence-electron chi connectivity index (χ3n) is 0.795. The first-order chi connectivity index (χ1) is 4.13. The van der Waals surface area contributed by atoms with Crippen molar-refractivity contribution < 1.29 is 5.11 Å². The van der Waals surface area contributed by atoms with Crippen LogP contribution in [0, 0.1) is 0 Å². The number of hydrogen-bond acceptors (Lipinski definition) is 3. The van der Waals surface area contributed by atoms with E-state index in [-0.39, 0.29) is 11.8 Å². The van der Waals surface area contributed by atoms with Gasteiger partial charge in [-0.05, 0) is 6.92 Å². The van der Waals surface area contributed by atoms with Crippen molar-refractivity contribution in [2.45, 2.75) is 13.0 Å². The first kappa shape index (κ1) is 8.46. The summed E-state index contributed by atoms with van der Waals surface area (Å²) in [7, 11) is 0. The van der Waals surface area contributed by atoms with E-state index in [1.807, 2.05) is 6.92 Å². The Labute approximate surface area is 55.6 Å². The van der Waals surface area contributed by atoms with Crippen LogP contribution in [-0.4, -0.2) is 24.2 Å². The van der Waals surface area contributed by atoms with Gasteiger partial charge in [0.1, 0.15) is 0 Å². The summed E-state index contributed by atoms with van der Waals surface area (Å²) < 4.78 is 0. The monoisotopic (exact) mass is 130 g/mol. The molecule has 0 radical (unpaired) electrons. The van der Waals surface area contributed by atoms with Gasteiger partial charge in [0.25, 0.3) is 0 Å². The highest BCUT2D eigenvalue weighted by atomic mass is 16.3. The van der Waals surface area contributed by atoms with Crippen molar-refractivity contribution in [3.8, 4) is 0 Å². The zero-order valence-corrected chi connectivity index (χ0v) is 5.72. The lowest BCUT2D eigenvalue weighted by Crippen LogP contribution is -2.31. The van der Waals surface area contributed by atoms with Crippen LogP contribution in [0.2, 0.25) is 0 Å². The van der Waals surface area contributed by atoms with E-state index in [0.717, 1.165) is 0 Å². The summed E-state index contributed by atoms with van der Waals surface area (Å²) in [4.78, 5) is 0. The maximum Gasteiger partial charge on any atom is 0.0988 e. The lowest BCUT2D eigenvalue weighted by atomic mass is 10.3. The van der Waals surface area contributed by atoms with Crippen molar-refractivity contribution in [1.82, 2.24) is 5.32 Å². The van der Waals surface area contributed by atoms with Gasteiger partial charge < -0.3 is 16.2 Å². The Morgan fingerprint density at radius 1 is 1.89 bits per heavy atom. The molecular weight excluding hydrogens is 116 g/mol. The molecule has 0 aliphatic rings. The number of aliphatic hydroxyl groups excluding tert-OH is 1. The molecule has 0 heterocycles. The van der Waals surface area contributed by atoms with Crippen molar-refractivity contribution in [1.29, 1.82) is 0 Å². The van der Waals surface area contributed by atoms with Crippen LogP contribution in [0.5, 0.6) is 0 Å². The van der Waals surface area contributed by atoms with E-state index in [9.17, 15) is 0 Å². The third-order valence-corrected chi connectivity index (χ3v) is 0.795. The van der Waals surface area contributed by atoms with Crippen LogP contribution in [0.25, 0.3) is 0 Å². The van der Waals surface area contributed by atoms with E-state index < -0.39 is 0 Å². The Morgan fingerprint density at radius 2 is 2.44 bits per heavy atom. The van der Waals surface area contributed by atoms with E-state index in [4.69, 9.17) is 10.8 Å². The molecule has 0 amide bonds. The summed E-state index contributed by atoms with van der Waals surface area (Å²) in [6.07, 6.45) is 0. The Hall–Kier alpha value is -0.540. The van der Waals surface area contributed by atoms with Gasteiger partial charge in [-0.1, -0.05) is 6.58 Å². The standard InChI is InChI=1S/C6H14N2O/c1-5(7)3-8-4-6(2)9/h5,8-9H,2-4,7H2,1H3. The SMILES string of the molecule is C=C(O)CNCC(C)N. The van der Waals surface area contributed by atoms with E-state index in [1.54, 1.807) is 0 Å². The van der Waals surface area contributed by atoms with Crippen LogP contribution in [0.3, 0.4) is 0 Å². The molecule has 0 aliphatic heterocycles. The van der Waals surface area contributed by atoms with Crippen LogP contribution in [0.4, 0.5) is 0 Å². The number of nitrogens with one attached hydrogen (secondary N) is 1. The minimum Gasteiger partial charge on any atom is -0.512 e. The van der Waals surface area contributed by atoms with Gasteiger partial charge in [0, 0.05) is 12.6 Å². The summed E-state index contributed by atoms with van der Waals surface area (Å²) in [6, 6.07) is 0.129. The first-order valence-corrected chi connectivity index (χ1v) is 2.96. The molecule has 3 nitrogen and oxygen atoms in total. The average molecular weight is 130 g/mol. The Kier molecular flexibility index (Phi) is 4.09. The van der Waals surface area contributed by atoms with Crippen molar-refractivity contribution in [3.05, 3.63) is 12.3 Å². The second-order valence-electron chi connectivity index (χ2n) is 2.17. The van der Waals surface area contributed by atoms with Crippen molar-refractivity contribution in [3.63, 3.8) is 0 Å². The van der Waals surface area contributed by atoms with Crippen LogP contribution >= 0.6 is 0 Å². The number of hydrogen-bond donors (Lipinski definition) is 3. The molecule has 3 heteroatoms. The van der Waals surface area contributed by atoms with E-state index in [0.29, 0.717) is 13.1 Å². The fraction of sp³-hybridized carbons (Fsp3) is 0.667. The summed E-state index contributed by atoms with van der Waals surface area (Å²) in [6.45, 7) is 6.34. The number of rotatable bonds is 4. The highest BCUT2D eigenvalue weighted by molar-refractivity contribution is 4.81. The highest BCUT2D eigenvalue weighted by Crippen LogP contribution is 1.76. The fourth-order valence-corrected chi connectivity index (χ4v) is 0.444. The molecule has 1 unspecified atom stereocenters. The van der Waals surface area contributed by atoms with Crippen molar-refractivity contribution >= 4 is 0 Å². The number of aliphatic hydroxyl groups is 1. The Bertz CT molecular complexity index is 91.1. The third kappa shape index (κ3) is 7.46. The predicted octanol–water partition coefficient (Wildman–Crippen LogP) is -0.00510. The molecule has 0 spiro atoms. The number of nitrogens with two attached hydrogens (primary N) is 1. The zero-order valence-electron chi connectivity index (χ0n) is 5.72. The van der Waals surface area contributed by atoms with Crippen LogP contribution in [0.1, 0.15) is 6.92 Å². The van der Waals surface area contributed by atoms with Gasteiger partial charge in [-0.2, -0.15) is 0 Å². The maximum absolute atomic E-state index is 8.57. The van der Waals surface area contributed by atoms with Crippen molar-refractivity contribution in [2.24, 2.45) is 5.73 Å². The molecule has 0 aliphatic carbocycles. The Balaban J connectivity index is 3.01. The lowest BCUT2D eigenvalue weighted by Gasteiger charge is -2.05. The molecular formula is C6H14N2O. The minimum absolute atomic E-state index is 0.129. The van der Waals surface area contributed by atoms with Gasteiger partial charge >= 0.3 is 0 Å². The summed E-state index contributed by atoms with van der Waals surface area (Å²) >= 11 is 0. The average Bonchev–Trinajstić information content (AvgIpc) is 1.63. The zero-order chi connectivity index (χ0) is 7.28. The largest absolute Gasteiger partial charge is 0.512 e. The summed E-state index contributed by atoms with van der Waals surface area (Å²) in [5.41, 5.74) is 5.40. The lowest BCUT2D eigenvalue weighted by molar-refractivity contribution is 0.390. The molecule has 0 saturated carbocycles. The van der Waals surface area contributed by atoms with Gasteiger partial charge in [0.15, 0.2) is 0 Å². The molecule has 0 bridgehead atoms. The quantitative estimate of drug-likeness (QED) is 0.469. The molecule has 0 fully saturated rings. The molecule has 1 atom stereocenters. The normalized spacial score (nSPS) is 13.1. The summed E-state index contributed by atoms with van der Waals surface area (Å²) in [5.74, 6) is 0.149. The van der Waals surface area contributed by atoms with E-state index in [1.165, 1.54) is 0 Å². The highest BCUT2D eigenvalue weighted by Gasteiger charge is 1.91. The van der Waals surface area contributed by atoms with Gasteiger partial charge in [-0.3, -0.25) is 0 Å². The second kappa shape index (κ2) is 4.35. The van der Waals surface area contributed by atoms with Crippen LogP contribution < -0.4 is 11.1 Å².